The van der Waals surface area contributed by atoms with Crippen LogP contribution in [0, 0.1) is 0 Å². The number of para-hydroxylation sites is 1. The van der Waals surface area contributed by atoms with Crippen molar-refractivity contribution in [3.05, 3.63) is 29.8 Å². The number of amides is 2. The Bertz CT molecular complexity index is 432. The third-order valence-corrected chi connectivity index (χ3v) is 2.54. The van der Waals surface area contributed by atoms with Crippen molar-refractivity contribution in [3.8, 4) is 0 Å². The van der Waals surface area contributed by atoms with Crippen molar-refractivity contribution in [2.75, 3.05) is 18.5 Å². The molecule has 0 heterocycles. The molecule has 0 atom stereocenters. The summed E-state index contributed by atoms with van der Waals surface area (Å²) in [5.74, 6) is -0.398. The van der Waals surface area contributed by atoms with E-state index in [0.717, 1.165) is 6.42 Å². The van der Waals surface area contributed by atoms with E-state index in [4.69, 9.17) is 5.11 Å². The number of hydrogen-bond acceptors (Lipinski definition) is 3. The molecule has 2 amide bonds. The van der Waals surface area contributed by atoms with Crippen LogP contribution in [0.25, 0.3) is 0 Å². The highest BCUT2D eigenvalue weighted by atomic mass is 16.3. The van der Waals surface area contributed by atoms with Crippen LogP contribution in [0.4, 0.5) is 5.69 Å². The fourth-order valence-corrected chi connectivity index (χ4v) is 1.58. The first-order valence-corrected chi connectivity index (χ1v) is 6.47. The summed E-state index contributed by atoms with van der Waals surface area (Å²) in [7, 11) is 0. The molecule has 19 heavy (non-hydrogen) atoms. The maximum Gasteiger partial charge on any atom is 0.253 e. The maximum absolute atomic E-state index is 11.9. The topological polar surface area (TPSA) is 78.4 Å². The molecule has 5 heteroatoms. The summed E-state index contributed by atoms with van der Waals surface area (Å²) in [6, 6.07) is 6.88. The molecule has 1 rings (SSSR count). The molecule has 1 aromatic rings. The number of nitrogens with one attached hydrogen (secondary N) is 2. The summed E-state index contributed by atoms with van der Waals surface area (Å²) < 4.78 is 0. The second-order valence-corrected chi connectivity index (χ2v) is 4.18. The number of aliphatic hydroxyl groups excluding tert-OH is 1. The van der Waals surface area contributed by atoms with Gasteiger partial charge >= 0.3 is 0 Å². The molecule has 0 radical (unpaired) electrons. The van der Waals surface area contributed by atoms with Crippen LogP contribution >= 0.6 is 0 Å². The minimum atomic E-state index is -0.204. The first-order valence-electron chi connectivity index (χ1n) is 6.47. The highest BCUT2D eigenvalue weighted by molar-refractivity contribution is 6.03. The zero-order valence-corrected chi connectivity index (χ0v) is 11.1. The fourth-order valence-electron chi connectivity index (χ4n) is 1.58. The van der Waals surface area contributed by atoms with Gasteiger partial charge in [-0.05, 0) is 25.0 Å². The number of rotatable bonds is 7. The van der Waals surface area contributed by atoms with Gasteiger partial charge in [0.25, 0.3) is 5.91 Å². The van der Waals surface area contributed by atoms with Crippen LogP contribution < -0.4 is 10.6 Å². The summed E-state index contributed by atoms with van der Waals surface area (Å²) in [6.45, 7) is 2.56. The molecule has 1 aromatic carbocycles. The Morgan fingerprint density at radius 2 is 2.00 bits per heavy atom. The molecule has 0 bridgehead atoms. The molecule has 0 saturated heterocycles. The van der Waals surface area contributed by atoms with E-state index < -0.39 is 0 Å². The normalized spacial score (nSPS) is 10.0. The lowest BCUT2D eigenvalue weighted by Crippen LogP contribution is -2.25. The van der Waals surface area contributed by atoms with Crippen molar-refractivity contribution in [1.82, 2.24) is 5.32 Å². The molecular formula is C14H20N2O3. The van der Waals surface area contributed by atoms with Crippen molar-refractivity contribution in [1.29, 1.82) is 0 Å². The van der Waals surface area contributed by atoms with Gasteiger partial charge in [0.05, 0.1) is 11.3 Å². The number of anilines is 1. The second-order valence-electron chi connectivity index (χ2n) is 4.18. The number of benzene rings is 1. The summed E-state index contributed by atoms with van der Waals surface area (Å²) in [4.78, 5) is 23.5. The molecule has 5 nitrogen and oxygen atoms in total. The average Bonchev–Trinajstić information content (AvgIpc) is 2.43. The van der Waals surface area contributed by atoms with E-state index in [1.807, 2.05) is 6.92 Å². The predicted octanol–water partition coefficient (Wildman–Crippen LogP) is 1.54. The molecule has 0 aliphatic heterocycles. The van der Waals surface area contributed by atoms with Gasteiger partial charge in [-0.2, -0.15) is 0 Å². The largest absolute Gasteiger partial charge is 0.396 e. The Morgan fingerprint density at radius 3 is 2.68 bits per heavy atom. The van der Waals surface area contributed by atoms with E-state index in [9.17, 15) is 9.59 Å². The van der Waals surface area contributed by atoms with Crippen molar-refractivity contribution in [2.45, 2.75) is 26.2 Å². The van der Waals surface area contributed by atoms with Gasteiger partial charge in [0.15, 0.2) is 0 Å². The number of carbonyl (C=O) groups is 2. The molecule has 0 fully saturated rings. The summed E-state index contributed by atoms with van der Waals surface area (Å²) in [5, 5.41) is 14.1. The minimum Gasteiger partial charge on any atom is -0.396 e. The lowest BCUT2D eigenvalue weighted by molar-refractivity contribution is -0.116. The van der Waals surface area contributed by atoms with E-state index in [-0.39, 0.29) is 24.8 Å². The molecule has 0 spiro atoms. The standard InChI is InChI=1S/C14H20N2O3/c1-2-9-15-14(19)11-6-3-4-7-12(11)16-13(18)8-5-10-17/h3-4,6-7,17H,2,5,8-10H2,1H3,(H,15,19)(H,16,18). The van der Waals surface area contributed by atoms with Gasteiger partial charge in [-0.25, -0.2) is 0 Å². The molecule has 0 aliphatic carbocycles. The number of hydrogen-bond donors (Lipinski definition) is 3. The van der Waals surface area contributed by atoms with E-state index in [2.05, 4.69) is 10.6 Å². The van der Waals surface area contributed by atoms with Crippen molar-refractivity contribution in [2.24, 2.45) is 0 Å². The smallest absolute Gasteiger partial charge is 0.253 e. The van der Waals surface area contributed by atoms with Gasteiger partial charge in [0.1, 0.15) is 0 Å². The molecule has 0 unspecified atom stereocenters. The Kier molecular flexibility index (Phi) is 6.60. The lowest BCUT2D eigenvalue weighted by Gasteiger charge is -2.10. The Hall–Kier alpha value is -1.88. The third-order valence-electron chi connectivity index (χ3n) is 2.54. The monoisotopic (exact) mass is 264 g/mol. The predicted molar refractivity (Wildman–Crippen MR) is 74.0 cm³/mol. The van der Waals surface area contributed by atoms with E-state index >= 15 is 0 Å². The highest BCUT2D eigenvalue weighted by Crippen LogP contribution is 2.15. The zero-order chi connectivity index (χ0) is 14.1. The SMILES string of the molecule is CCCNC(=O)c1ccccc1NC(=O)CCCO. The number of aliphatic hydroxyl groups is 1. The van der Waals surface area contributed by atoms with Crippen LogP contribution in [0.1, 0.15) is 36.5 Å². The molecule has 0 saturated carbocycles. The van der Waals surface area contributed by atoms with Crippen LogP contribution in [-0.4, -0.2) is 30.1 Å². The van der Waals surface area contributed by atoms with Crippen LogP contribution in [0.15, 0.2) is 24.3 Å². The van der Waals surface area contributed by atoms with Gasteiger partial charge in [0.2, 0.25) is 5.91 Å². The van der Waals surface area contributed by atoms with E-state index in [0.29, 0.717) is 24.2 Å². The minimum absolute atomic E-state index is 0.0218. The van der Waals surface area contributed by atoms with Crippen LogP contribution in [0.2, 0.25) is 0 Å². The van der Waals surface area contributed by atoms with Gasteiger partial charge in [-0.1, -0.05) is 19.1 Å². The van der Waals surface area contributed by atoms with Crippen molar-refractivity contribution >= 4 is 17.5 Å². The van der Waals surface area contributed by atoms with Crippen LogP contribution in [0.5, 0.6) is 0 Å². The highest BCUT2D eigenvalue weighted by Gasteiger charge is 2.12. The molecule has 3 N–H and O–H groups in total. The van der Waals surface area contributed by atoms with Gasteiger partial charge in [0, 0.05) is 19.6 Å². The Morgan fingerprint density at radius 1 is 1.26 bits per heavy atom. The van der Waals surface area contributed by atoms with Crippen molar-refractivity contribution in [3.63, 3.8) is 0 Å². The Balaban J connectivity index is 2.72. The maximum atomic E-state index is 11.9. The third kappa shape index (κ3) is 5.09. The summed E-state index contributed by atoms with van der Waals surface area (Å²) in [5.41, 5.74) is 0.951. The van der Waals surface area contributed by atoms with E-state index in [1.54, 1.807) is 24.3 Å². The lowest BCUT2D eigenvalue weighted by atomic mass is 10.1. The van der Waals surface area contributed by atoms with Crippen LogP contribution in [-0.2, 0) is 4.79 Å². The fraction of sp³-hybridized carbons (Fsp3) is 0.429. The average molecular weight is 264 g/mol. The summed E-state index contributed by atoms with van der Waals surface area (Å²) in [6.07, 6.45) is 1.51. The Labute approximate surface area is 113 Å². The quantitative estimate of drug-likeness (QED) is 0.699. The second kappa shape index (κ2) is 8.26. The first kappa shape index (κ1) is 15.2. The molecule has 0 aliphatic rings. The van der Waals surface area contributed by atoms with Gasteiger partial charge in [-0.15, -0.1) is 0 Å². The van der Waals surface area contributed by atoms with E-state index in [1.165, 1.54) is 0 Å². The number of carbonyl (C=O) groups excluding carboxylic acids is 2. The first-order chi connectivity index (χ1) is 9.19. The van der Waals surface area contributed by atoms with Crippen LogP contribution in [0.3, 0.4) is 0 Å². The van der Waals surface area contributed by atoms with Gasteiger partial charge < -0.3 is 15.7 Å². The molecule has 0 aromatic heterocycles. The molecular weight excluding hydrogens is 244 g/mol. The summed E-state index contributed by atoms with van der Waals surface area (Å²) >= 11 is 0. The zero-order valence-electron chi connectivity index (χ0n) is 11.1. The molecule has 104 valence electrons. The van der Waals surface area contributed by atoms with Gasteiger partial charge in [-0.3, -0.25) is 9.59 Å². The van der Waals surface area contributed by atoms with Crippen molar-refractivity contribution < 1.29 is 14.7 Å².